The molecule has 0 atom stereocenters. The van der Waals surface area contributed by atoms with E-state index in [9.17, 15) is 4.79 Å². The topological polar surface area (TPSA) is 59.3 Å². The van der Waals surface area contributed by atoms with Crippen LogP contribution in [0.4, 0.5) is 0 Å². The third-order valence-electron chi connectivity index (χ3n) is 4.21. The predicted octanol–water partition coefficient (Wildman–Crippen LogP) is 4.77. The molecule has 0 aliphatic carbocycles. The van der Waals surface area contributed by atoms with Gasteiger partial charge in [-0.2, -0.15) is 5.26 Å². The molecule has 27 heavy (non-hydrogen) atoms. The zero-order chi connectivity index (χ0) is 19.1. The molecule has 0 bridgehead atoms. The molecule has 3 rings (SSSR count). The van der Waals surface area contributed by atoms with Crippen LogP contribution < -0.4 is 9.47 Å². The largest absolute Gasteiger partial charge is 0.497 e. The van der Waals surface area contributed by atoms with Gasteiger partial charge in [-0.15, -0.1) is 0 Å². The number of hydrogen-bond acceptors (Lipinski definition) is 4. The van der Waals surface area contributed by atoms with Crippen molar-refractivity contribution in [3.63, 3.8) is 0 Å². The van der Waals surface area contributed by atoms with Crippen molar-refractivity contribution >= 4 is 5.97 Å². The molecule has 0 N–H and O–H groups in total. The van der Waals surface area contributed by atoms with Crippen molar-refractivity contribution in [3.8, 4) is 28.7 Å². The van der Waals surface area contributed by atoms with E-state index in [1.807, 2.05) is 48.5 Å². The van der Waals surface area contributed by atoms with Crippen molar-refractivity contribution in [2.75, 3.05) is 7.11 Å². The standard InChI is InChI=1S/C23H19NO3/c1-26-21-11-4-17(5-12-21)6-15-23(25)27-22-13-9-20(10-14-22)19-7-2-18(16-24)3-8-19/h2-5,7-14H,6,15H2,1H3. The summed E-state index contributed by atoms with van der Waals surface area (Å²) in [7, 11) is 1.62. The smallest absolute Gasteiger partial charge is 0.311 e. The summed E-state index contributed by atoms with van der Waals surface area (Å²) in [5.74, 6) is 1.05. The van der Waals surface area contributed by atoms with Gasteiger partial charge in [0.1, 0.15) is 11.5 Å². The van der Waals surface area contributed by atoms with Crippen LogP contribution in [-0.4, -0.2) is 13.1 Å². The molecule has 3 aromatic carbocycles. The highest BCUT2D eigenvalue weighted by Gasteiger charge is 2.07. The van der Waals surface area contributed by atoms with Crippen molar-refractivity contribution in [3.05, 3.63) is 83.9 Å². The number of esters is 1. The number of benzene rings is 3. The van der Waals surface area contributed by atoms with Crippen LogP contribution in [0.5, 0.6) is 11.5 Å². The second-order valence-electron chi connectivity index (χ2n) is 6.04. The number of carbonyl (C=O) groups excluding carboxylic acids is 1. The number of aryl methyl sites for hydroxylation is 1. The lowest BCUT2D eigenvalue weighted by atomic mass is 10.0. The molecule has 0 spiro atoms. The van der Waals surface area contributed by atoms with Gasteiger partial charge in [-0.1, -0.05) is 36.4 Å². The minimum atomic E-state index is -0.267. The van der Waals surface area contributed by atoms with Crippen LogP contribution >= 0.6 is 0 Å². The Morgan fingerprint density at radius 3 is 1.96 bits per heavy atom. The van der Waals surface area contributed by atoms with E-state index in [0.717, 1.165) is 22.4 Å². The van der Waals surface area contributed by atoms with Gasteiger partial charge in [0.2, 0.25) is 0 Å². The molecule has 0 fully saturated rings. The molecular formula is C23H19NO3. The first kappa shape index (κ1) is 18.2. The average Bonchev–Trinajstić information content (AvgIpc) is 2.73. The number of methoxy groups -OCH3 is 1. The molecule has 0 amide bonds. The summed E-state index contributed by atoms with van der Waals surface area (Å²) in [6.07, 6.45) is 0.926. The van der Waals surface area contributed by atoms with E-state index >= 15 is 0 Å². The lowest BCUT2D eigenvalue weighted by Gasteiger charge is -2.07. The number of rotatable bonds is 6. The Bertz CT molecular complexity index is 937. The molecule has 0 saturated carbocycles. The summed E-state index contributed by atoms with van der Waals surface area (Å²) in [6, 6.07) is 24.4. The van der Waals surface area contributed by atoms with Crippen LogP contribution in [0.15, 0.2) is 72.8 Å². The van der Waals surface area contributed by atoms with Crippen molar-refractivity contribution < 1.29 is 14.3 Å². The van der Waals surface area contributed by atoms with Gasteiger partial charge in [-0.05, 0) is 59.5 Å². The second-order valence-corrected chi connectivity index (χ2v) is 6.04. The Morgan fingerprint density at radius 2 is 1.41 bits per heavy atom. The van der Waals surface area contributed by atoms with Gasteiger partial charge >= 0.3 is 5.97 Å². The highest BCUT2D eigenvalue weighted by Crippen LogP contribution is 2.23. The van der Waals surface area contributed by atoms with E-state index in [-0.39, 0.29) is 5.97 Å². The summed E-state index contributed by atoms with van der Waals surface area (Å²) in [5, 5.41) is 8.86. The van der Waals surface area contributed by atoms with E-state index < -0.39 is 0 Å². The van der Waals surface area contributed by atoms with Crippen molar-refractivity contribution in [2.24, 2.45) is 0 Å². The van der Waals surface area contributed by atoms with Crippen LogP contribution in [0.1, 0.15) is 17.5 Å². The quantitative estimate of drug-likeness (QED) is 0.471. The minimum Gasteiger partial charge on any atom is -0.497 e. The molecule has 0 aliphatic heterocycles. The van der Waals surface area contributed by atoms with Crippen LogP contribution in [0.3, 0.4) is 0 Å². The summed E-state index contributed by atoms with van der Waals surface area (Å²) < 4.78 is 10.5. The first-order valence-electron chi connectivity index (χ1n) is 8.62. The highest BCUT2D eigenvalue weighted by molar-refractivity contribution is 5.73. The summed E-state index contributed by atoms with van der Waals surface area (Å²) in [4.78, 5) is 12.1. The van der Waals surface area contributed by atoms with E-state index in [4.69, 9.17) is 14.7 Å². The normalized spacial score (nSPS) is 10.1. The third kappa shape index (κ3) is 4.96. The van der Waals surface area contributed by atoms with Crippen molar-refractivity contribution in [1.29, 1.82) is 5.26 Å². The van der Waals surface area contributed by atoms with Gasteiger partial charge in [0.05, 0.1) is 18.7 Å². The Balaban J connectivity index is 1.55. The molecule has 0 heterocycles. The van der Waals surface area contributed by atoms with E-state index in [2.05, 4.69) is 6.07 Å². The van der Waals surface area contributed by atoms with Crippen LogP contribution in [-0.2, 0) is 11.2 Å². The number of nitrogens with zero attached hydrogens (tertiary/aromatic N) is 1. The number of hydrogen-bond donors (Lipinski definition) is 0. The van der Waals surface area contributed by atoms with E-state index in [1.54, 1.807) is 31.4 Å². The first-order chi connectivity index (χ1) is 13.2. The van der Waals surface area contributed by atoms with E-state index in [1.165, 1.54) is 0 Å². The minimum absolute atomic E-state index is 0.267. The van der Waals surface area contributed by atoms with Gasteiger partial charge in [0, 0.05) is 6.42 Å². The SMILES string of the molecule is COc1ccc(CCC(=O)Oc2ccc(-c3ccc(C#N)cc3)cc2)cc1. The van der Waals surface area contributed by atoms with Crippen molar-refractivity contribution in [1.82, 2.24) is 0 Å². The number of carbonyl (C=O) groups is 1. The van der Waals surface area contributed by atoms with Crippen LogP contribution in [0.2, 0.25) is 0 Å². The summed E-state index contributed by atoms with van der Waals surface area (Å²) in [5.41, 5.74) is 3.69. The maximum absolute atomic E-state index is 12.1. The molecule has 0 aromatic heterocycles. The first-order valence-corrected chi connectivity index (χ1v) is 8.62. The van der Waals surface area contributed by atoms with Crippen molar-refractivity contribution in [2.45, 2.75) is 12.8 Å². The van der Waals surface area contributed by atoms with Crippen LogP contribution in [0, 0.1) is 11.3 Å². The molecule has 0 radical (unpaired) electrons. The predicted molar refractivity (Wildman–Crippen MR) is 104 cm³/mol. The Kier molecular flexibility index (Phi) is 5.86. The Labute approximate surface area is 158 Å². The fourth-order valence-corrected chi connectivity index (χ4v) is 2.67. The van der Waals surface area contributed by atoms with E-state index in [0.29, 0.717) is 24.2 Å². The highest BCUT2D eigenvalue weighted by atomic mass is 16.5. The van der Waals surface area contributed by atoms with Gasteiger partial charge < -0.3 is 9.47 Å². The molecule has 3 aromatic rings. The summed E-state index contributed by atoms with van der Waals surface area (Å²) in [6.45, 7) is 0. The summed E-state index contributed by atoms with van der Waals surface area (Å²) >= 11 is 0. The van der Waals surface area contributed by atoms with Gasteiger partial charge in [-0.25, -0.2) is 0 Å². The molecule has 0 aliphatic rings. The number of nitriles is 1. The monoisotopic (exact) mass is 357 g/mol. The third-order valence-corrected chi connectivity index (χ3v) is 4.21. The molecular weight excluding hydrogens is 338 g/mol. The maximum Gasteiger partial charge on any atom is 0.311 e. The van der Waals surface area contributed by atoms with Gasteiger partial charge in [-0.3, -0.25) is 4.79 Å². The molecule has 4 nitrogen and oxygen atoms in total. The maximum atomic E-state index is 12.1. The van der Waals surface area contributed by atoms with Crippen LogP contribution in [0.25, 0.3) is 11.1 Å². The molecule has 0 saturated heterocycles. The second kappa shape index (κ2) is 8.68. The Morgan fingerprint density at radius 1 is 0.852 bits per heavy atom. The lowest BCUT2D eigenvalue weighted by Crippen LogP contribution is -2.09. The Hall–Kier alpha value is -3.58. The zero-order valence-corrected chi connectivity index (χ0v) is 15.0. The number of ether oxygens (including phenoxy) is 2. The van der Waals surface area contributed by atoms with Gasteiger partial charge in [0.15, 0.2) is 0 Å². The zero-order valence-electron chi connectivity index (χ0n) is 15.0. The van der Waals surface area contributed by atoms with Gasteiger partial charge in [0.25, 0.3) is 0 Å². The fourth-order valence-electron chi connectivity index (χ4n) is 2.67. The fraction of sp³-hybridized carbons (Fsp3) is 0.130. The molecule has 0 unspecified atom stereocenters. The molecule has 4 heteroatoms. The lowest BCUT2D eigenvalue weighted by molar-refractivity contribution is -0.134. The average molecular weight is 357 g/mol. The molecule has 134 valence electrons.